The Balaban J connectivity index is 2.31. The molecule has 0 N–H and O–H groups in total. The van der Waals surface area contributed by atoms with Gasteiger partial charge in [0.2, 0.25) is 0 Å². The standard InChI is InChI=1S/C18H15/c1-2-16-17-11-7-6-10-15(17)12-13-18(16)14-8-4-3-5-9-14/h2-13H,1H3. The van der Waals surface area contributed by atoms with Crippen LogP contribution >= 0.6 is 0 Å². The molecule has 3 aromatic rings. The minimum absolute atomic E-state index is 1.27. The van der Waals surface area contributed by atoms with E-state index in [1.807, 2.05) is 0 Å². The summed E-state index contributed by atoms with van der Waals surface area (Å²) in [7, 11) is 0. The van der Waals surface area contributed by atoms with Crippen molar-refractivity contribution in [1.82, 2.24) is 0 Å². The quantitative estimate of drug-likeness (QED) is 0.577. The van der Waals surface area contributed by atoms with Crippen molar-refractivity contribution in [3.8, 4) is 11.1 Å². The van der Waals surface area contributed by atoms with Crippen molar-refractivity contribution < 1.29 is 0 Å². The maximum absolute atomic E-state index is 2.22. The fourth-order valence-electron chi connectivity index (χ4n) is 2.48. The summed E-state index contributed by atoms with van der Waals surface area (Å²) in [5, 5.41) is 2.62. The first-order valence-corrected chi connectivity index (χ1v) is 6.26. The van der Waals surface area contributed by atoms with Crippen molar-refractivity contribution in [3.05, 3.63) is 78.7 Å². The molecule has 3 aromatic carbocycles. The first kappa shape index (κ1) is 11.0. The van der Waals surface area contributed by atoms with Crippen LogP contribution in [0.1, 0.15) is 12.5 Å². The van der Waals surface area contributed by atoms with Crippen LogP contribution in [0.3, 0.4) is 0 Å². The molecule has 1 radical (unpaired) electrons. The molecule has 0 saturated carbocycles. The Labute approximate surface area is 108 Å². The fraction of sp³-hybridized carbons (Fsp3) is 0.0556. The van der Waals surface area contributed by atoms with Gasteiger partial charge in [-0.1, -0.05) is 73.7 Å². The Morgan fingerprint density at radius 2 is 1.44 bits per heavy atom. The van der Waals surface area contributed by atoms with Crippen LogP contribution in [0.15, 0.2) is 66.7 Å². The number of fused-ring (bicyclic) bond motifs is 1. The third kappa shape index (κ3) is 1.80. The summed E-state index contributed by atoms with van der Waals surface area (Å²) in [4.78, 5) is 0. The van der Waals surface area contributed by atoms with Gasteiger partial charge in [-0.25, -0.2) is 0 Å². The zero-order chi connectivity index (χ0) is 12.4. The molecule has 0 spiro atoms. The number of rotatable bonds is 2. The highest BCUT2D eigenvalue weighted by atomic mass is 14.1. The lowest BCUT2D eigenvalue weighted by molar-refractivity contribution is 1.45. The van der Waals surface area contributed by atoms with Gasteiger partial charge < -0.3 is 0 Å². The maximum Gasteiger partial charge on any atom is -0.0111 e. The van der Waals surface area contributed by atoms with Crippen molar-refractivity contribution in [2.75, 3.05) is 0 Å². The van der Waals surface area contributed by atoms with Gasteiger partial charge in [0.15, 0.2) is 0 Å². The molecule has 0 aliphatic carbocycles. The van der Waals surface area contributed by atoms with Crippen LogP contribution in [-0.4, -0.2) is 0 Å². The van der Waals surface area contributed by atoms with Crippen molar-refractivity contribution in [2.24, 2.45) is 0 Å². The van der Waals surface area contributed by atoms with Gasteiger partial charge in [0, 0.05) is 0 Å². The number of hydrogen-bond acceptors (Lipinski definition) is 0. The van der Waals surface area contributed by atoms with Crippen molar-refractivity contribution in [1.29, 1.82) is 0 Å². The van der Waals surface area contributed by atoms with E-state index in [2.05, 4.69) is 80.1 Å². The molecule has 0 heteroatoms. The summed E-state index contributed by atoms with van der Waals surface area (Å²) in [5.74, 6) is 0. The summed E-state index contributed by atoms with van der Waals surface area (Å²) in [5.41, 5.74) is 3.90. The van der Waals surface area contributed by atoms with E-state index in [9.17, 15) is 0 Å². The van der Waals surface area contributed by atoms with Gasteiger partial charge in [-0.05, 0) is 33.9 Å². The Kier molecular flexibility index (Phi) is 2.85. The summed E-state index contributed by atoms with van der Waals surface area (Å²) in [6.07, 6.45) is 2.20. The molecule has 0 unspecified atom stereocenters. The third-order valence-corrected chi connectivity index (χ3v) is 3.34. The molecule has 0 bridgehead atoms. The Morgan fingerprint density at radius 1 is 0.722 bits per heavy atom. The summed E-state index contributed by atoms with van der Waals surface area (Å²) in [6.45, 7) is 2.11. The molecule has 0 heterocycles. The molecule has 18 heavy (non-hydrogen) atoms. The van der Waals surface area contributed by atoms with E-state index in [-0.39, 0.29) is 0 Å². The molecule has 3 rings (SSSR count). The Morgan fingerprint density at radius 3 is 2.22 bits per heavy atom. The predicted octanol–water partition coefficient (Wildman–Crippen LogP) is 5.08. The van der Waals surface area contributed by atoms with E-state index in [0.717, 1.165) is 0 Å². The molecule has 0 nitrogen and oxygen atoms in total. The highest BCUT2D eigenvalue weighted by Crippen LogP contribution is 2.31. The summed E-state index contributed by atoms with van der Waals surface area (Å²) >= 11 is 0. The van der Waals surface area contributed by atoms with E-state index in [0.29, 0.717) is 0 Å². The van der Waals surface area contributed by atoms with Crippen LogP contribution in [0.2, 0.25) is 0 Å². The van der Waals surface area contributed by atoms with Crippen LogP contribution in [-0.2, 0) is 0 Å². The molecular weight excluding hydrogens is 216 g/mol. The highest BCUT2D eigenvalue weighted by molar-refractivity contribution is 5.93. The smallest absolute Gasteiger partial charge is 0.0111 e. The second-order valence-corrected chi connectivity index (χ2v) is 4.40. The second-order valence-electron chi connectivity index (χ2n) is 4.40. The van der Waals surface area contributed by atoms with Crippen LogP contribution < -0.4 is 0 Å². The number of benzene rings is 3. The second kappa shape index (κ2) is 4.66. The molecule has 0 amide bonds. The van der Waals surface area contributed by atoms with Gasteiger partial charge in [0.05, 0.1) is 0 Å². The monoisotopic (exact) mass is 231 g/mol. The van der Waals surface area contributed by atoms with E-state index in [4.69, 9.17) is 0 Å². The maximum atomic E-state index is 2.22. The lowest BCUT2D eigenvalue weighted by Crippen LogP contribution is -1.88. The molecule has 0 fully saturated rings. The highest BCUT2D eigenvalue weighted by Gasteiger charge is 2.07. The van der Waals surface area contributed by atoms with Gasteiger partial charge >= 0.3 is 0 Å². The average Bonchev–Trinajstić information content (AvgIpc) is 2.47. The fourth-order valence-corrected chi connectivity index (χ4v) is 2.48. The third-order valence-electron chi connectivity index (χ3n) is 3.34. The predicted molar refractivity (Wildman–Crippen MR) is 78.5 cm³/mol. The summed E-state index contributed by atoms with van der Waals surface area (Å²) in [6, 6.07) is 23.5. The van der Waals surface area contributed by atoms with Gasteiger partial charge in [-0.2, -0.15) is 0 Å². The minimum Gasteiger partial charge on any atom is -0.0622 e. The zero-order valence-electron chi connectivity index (χ0n) is 10.4. The van der Waals surface area contributed by atoms with Crippen LogP contribution in [0.25, 0.3) is 21.9 Å². The molecule has 0 aromatic heterocycles. The minimum atomic E-state index is 1.27. The molecular formula is C18H15. The normalized spacial score (nSPS) is 10.7. The van der Waals surface area contributed by atoms with Gasteiger partial charge in [-0.3, -0.25) is 0 Å². The molecule has 0 aliphatic rings. The van der Waals surface area contributed by atoms with E-state index >= 15 is 0 Å². The lowest BCUT2D eigenvalue weighted by Gasteiger charge is -2.11. The average molecular weight is 231 g/mol. The number of hydrogen-bond donors (Lipinski definition) is 0. The van der Waals surface area contributed by atoms with Crippen LogP contribution in [0.5, 0.6) is 0 Å². The largest absolute Gasteiger partial charge is 0.0622 e. The Bertz CT molecular complexity index is 666. The van der Waals surface area contributed by atoms with Gasteiger partial charge in [0.1, 0.15) is 0 Å². The molecule has 0 saturated heterocycles. The van der Waals surface area contributed by atoms with Crippen molar-refractivity contribution in [3.63, 3.8) is 0 Å². The van der Waals surface area contributed by atoms with E-state index in [1.165, 1.54) is 27.5 Å². The topological polar surface area (TPSA) is 0 Å². The van der Waals surface area contributed by atoms with E-state index in [1.54, 1.807) is 0 Å². The summed E-state index contributed by atoms with van der Waals surface area (Å²) < 4.78 is 0. The lowest BCUT2D eigenvalue weighted by atomic mass is 9.93. The van der Waals surface area contributed by atoms with Crippen LogP contribution in [0, 0.1) is 6.42 Å². The van der Waals surface area contributed by atoms with Crippen molar-refractivity contribution in [2.45, 2.75) is 6.92 Å². The Hall–Kier alpha value is -2.08. The molecule has 87 valence electrons. The molecule has 0 atom stereocenters. The zero-order valence-corrected chi connectivity index (χ0v) is 10.4. The van der Waals surface area contributed by atoms with E-state index < -0.39 is 0 Å². The SMILES string of the molecule is C[CH]c1c(-c2ccccc2)ccc2ccccc12. The molecule has 0 aliphatic heterocycles. The van der Waals surface area contributed by atoms with Gasteiger partial charge in [0.25, 0.3) is 0 Å². The first-order valence-electron chi connectivity index (χ1n) is 6.26. The first-order chi connectivity index (χ1) is 8.90. The van der Waals surface area contributed by atoms with Gasteiger partial charge in [-0.15, -0.1) is 0 Å². The van der Waals surface area contributed by atoms with Crippen molar-refractivity contribution >= 4 is 10.8 Å². The van der Waals surface area contributed by atoms with Crippen LogP contribution in [0.4, 0.5) is 0 Å².